The summed E-state index contributed by atoms with van der Waals surface area (Å²) in [5.41, 5.74) is 0. The quantitative estimate of drug-likeness (QED) is 0.314. The first-order valence-corrected chi connectivity index (χ1v) is 13.3. The summed E-state index contributed by atoms with van der Waals surface area (Å²) in [5, 5.41) is 20.0. The minimum Gasteiger partial charge on any atom is -0.481 e. The summed E-state index contributed by atoms with van der Waals surface area (Å²) in [6.07, 6.45) is 4.56. The van der Waals surface area contributed by atoms with E-state index in [1.54, 1.807) is 15.9 Å². The number of aliphatic hydroxyl groups is 1. The van der Waals surface area contributed by atoms with Gasteiger partial charge in [-0.1, -0.05) is 49.2 Å². The van der Waals surface area contributed by atoms with Crippen molar-refractivity contribution in [1.82, 2.24) is 9.80 Å². The molecule has 3 rings (SSSR count). The average Bonchev–Trinajstić information content (AvgIpc) is 3.32. The molecule has 3 unspecified atom stereocenters. The van der Waals surface area contributed by atoms with Crippen molar-refractivity contribution in [1.29, 1.82) is 0 Å². The van der Waals surface area contributed by atoms with Crippen LogP contribution in [0.15, 0.2) is 12.7 Å². The van der Waals surface area contributed by atoms with Gasteiger partial charge in [0, 0.05) is 23.2 Å². The van der Waals surface area contributed by atoms with E-state index >= 15 is 0 Å². The van der Waals surface area contributed by atoms with Crippen LogP contribution in [0.25, 0.3) is 0 Å². The number of aliphatic hydroxyl groups excluding tert-OH is 1. The first-order valence-electron chi connectivity index (χ1n) is 11.5. The van der Waals surface area contributed by atoms with E-state index < -0.39 is 34.6 Å². The van der Waals surface area contributed by atoms with Gasteiger partial charge in [-0.15, -0.1) is 18.3 Å². The van der Waals surface area contributed by atoms with Crippen molar-refractivity contribution in [2.45, 2.75) is 73.4 Å². The summed E-state index contributed by atoms with van der Waals surface area (Å²) >= 11 is 5.15. The molecular formula is C23H35BrN2O5S. The molecule has 0 aliphatic carbocycles. The van der Waals surface area contributed by atoms with E-state index in [2.05, 4.69) is 29.4 Å². The lowest BCUT2D eigenvalue weighted by Crippen LogP contribution is -2.58. The number of fused-ring (bicyclic) bond motifs is 1. The van der Waals surface area contributed by atoms with Gasteiger partial charge < -0.3 is 20.0 Å². The van der Waals surface area contributed by atoms with Crippen LogP contribution in [0.4, 0.5) is 0 Å². The summed E-state index contributed by atoms with van der Waals surface area (Å²) in [7, 11) is 0. The number of aliphatic carboxylic acids is 1. The van der Waals surface area contributed by atoms with Crippen LogP contribution in [0.2, 0.25) is 0 Å². The molecule has 180 valence electrons. The number of halogens is 1. The van der Waals surface area contributed by atoms with Gasteiger partial charge in [0.15, 0.2) is 0 Å². The topological polar surface area (TPSA) is 98.2 Å². The third-order valence-corrected chi connectivity index (χ3v) is 10.3. The van der Waals surface area contributed by atoms with Crippen LogP contribution in [0.5, 0.6) is 0 Å². The largest absolute Gasteiger partial charge is 0.481 e. The molecule has 2 N–H and O–H groups in total. The van der Waals surface area contributed by atoms with Crippen molar-refractivity contribution in [2.75, 3.05) is 19.7 Å². The molecule has 3 saturated heterocycles. The first-order chi connectivity index (χ1) is 15.1. The van der Waals surface area contributed by atoms with Crippen molar-refractivity contribution in [2.24, 2.45) is 17.8 Å². The highest BCUT2D eigenvalue weighted by molar-refractivity contribution is 9.09. The lowest BCUT2D eigenvalue weighted by atomic mass is 9.71. The maximum Gasteiger partial charge on any atom is 0.308 e. The van der Waals surface area contributed by atoms with Gasteiger partial charge in [-0.3, -0.25) is 14.4 Å². The zero-order chi connectivity index (χ0) is 23.8. The zero-order valence-corrected chi connectivity index (χ0v) is 21.5. The first kappa shape index (κ1) is 25.6. The molecular weight excluding hydrogens is 496 g/mol. The van der Waals surface area contributed by atoms with Gasteiger partial charge in [0.2, 0.25) is 11.8 Å². The van der Waals surface area contributed by atoms with Crippen LogP contribution < -0.4 is 0 Å². The van der Waals surface area contributed by atoms with Crippen LogP contribution in [0, 0.1) is 17.8 Å². The number of carboxylic acids is 1. The van der Waals surface area contributed by atoms with E-state index in [1.807, 2.05) is 13.8 Å². The molecule has 1 spiro atoms. The summed E-state index contributed by atoms with van der Waals surface area (Å²) in [6, 6.07) is -1.30. The lowest BCUT2D eigenvalue weighted by Gasteiger charge is -2.40. The maximum absolute atomic E-state index is 14.0. The van der Waals surface area contributed by atoms with Gasteiger partial charge in [0.05, 0.1) is 29.2 Å². The number of hydrogen-bond donors (Lipinski definition) is 2. The standard InChI is InChI=1S/C23H35BrN2O5S/c1-5-7-9-25(8-6-2)21(29)19-23-11-15(24)18(32-23)16(22(30)31)17(23)20(28)26(19)14(12-27)10-13(3)4/h6,13-19,27H,2,5,7-12H2,1,3-4H3,(H,30,31)/t14-,15?,16-,17+,18-,19?,23?/m1/s1. The molecule has 3 aliphatic heterocycles. The average molecular weight is 532 g/mol. The second-order valence-electron chi connectivity index (χ2n) is 9.64. The van der Waals surface area contributed by atoms with Crippen LogP contribution in [-0.4, -0.2) is 84.4 Å². The van der Waals surface area contributed by atoms with Crippen molar-refractivity contribution < 1.29 is 24.6 Å². The maximum atomic E-state index is 14.0. The molecule has 0 aromatic carbocycles. The second-order valence-corrected chi connectivity index (χ2v) is 12.4. The Kier molecular flexibility index (Phi) is 8.03. The van der Waals surface area contributed by atoms with Crippen LogP contribution in [0.3, 0.4) is 0 Å². The number of nitrogens with zero attached hydrogens (tertiary/aromatic N) is 2. The van der Waals surface area contributed by atoms with Crippen molar-refractivity contribution in [3.8, 4) is 0 Å². The molecule has 0 aromatic heterocycles. The van der Waals surface area contributed by atoms with Gasteiger partial charge >= 0.3 is 5.97 Å². The Morgan fingerprint density at radius 1 is 1.44 bits per heavy atom. The Balaban J connectivity index is 2.10. The lowest BCUT2D eigenvalue weighted by molar-refractivity contribution is -0.150. The Labute approximate surface area is 203 Å². The van der Waals surface area contributed by atoms with Crippen molar-refractivity contribution in [3.63, 3.8) is 0 Å². The van der Waals surface area contributed by atoms with E-state index in [0.717, 1.165) is 12.8 Å². The number of thioether (sulfide) groups is 1. The molecule has 0 aromatic rings. The number of rotatable bonds is 11. The van der Waals surface area contributed by atoms with Gasteiger partial charge in [-0.05, 0) is 25.2 Å². The minimum atomic E-state index is -0.988. The Morgan fingerprint density at radius 2 is 2.12 bits per heavy atom. The van der Waals surface area contributed by atoms with E-state index in [0.29, 0.717) is 25.9 Å². The van der Waals surface area contributed by atoms with Gasteiger partial charge in [-0.25, -0.2) is 0 Å². The van der Waals surface area contributed by atoms with E-state index in [4.69, 9.17) is 0 Å². The molecule has 0 saturated carbocycles. The molecule has 2 bridgehead atoms. The molecule has 0 radical (unpaired) electrons. The third kappa shape index (κ3) is 4.13. The van der Waals surface area contributed by atoms with Gasteiger partial charge in [0.25, 0.3) is 0 Å². The number of alkyl halides is 1. The Hall–Kier alpha value is -1.06. The van der Waals surface area contributed by atoms with E-state index in [9.17, 15) is 24.6 Å². The molecule has 9 heteroatoms. The summed E-state index contributed by atoms with van der Waals surface area (Å²) < 4.78 is -0.800. The Morgan fingerprint density at radius 3 is 2.66 bits per heavy atom. The summed E-state index contributed by atoms with van der Waals surface area (Å²) in [5.74, 6) is -2.82. The number of carboxylic acid groups (broad SMARTS) is 1. The predicted molar refractivity (Wildman–Crippen MR) is 129 cm³/mol. The molecule has 2 amide bonds. The fourth-order valence-corrected chi connectivity index (χ4v) is 9.40. The monoisotopic (exact) mass is 530 g/mol. The number of unbranched alkanes of at least 4 members (excludes halogenated alkanes) is 1. The smallest absolute Gasteiger partial charge is 0.308 e. The van der Waals surface area contributed by atoms with Crippen LogP contribution in [0.1, 0.15) is 46.5 Å². The molecule has 3 aliphatic rings. The minimum absolute atomic E-state index is 0.0749. The fourth-order valence-electron chi connectivity index (χ4n) is 5.81. The highest BCUT2D eigenvalue weighted by Gasteiger charge is 2.76. The number of hydrogen-bond acceptors (Lipinski definition) is 5. The number of carbonyl (C=O) groups excluding carboxylic acids is 2. The number of amides is 2. The van der Waals surface area contributed by atoms with E-state index in [-0.39, 0.29) is 34.4 Å². The second kappa shape index (κ2) is 10.1. The van der Waals surface area contributed by atoms with E-state index in [1.165, 1.54) is 11.8 Å². The van der Waals surface area contributed by atoms with Crippen molar-refractivity contribution >= 4 is 45.5 Å². The number of likely N-dealkylation sites (tertiary alicyclic amines) is 1. The normalized spacial score (nSPS) is 34.1. The van der Waals surface area contributed by atoms with Crippen molar-refractivity contribution in [3.05, 3.63) is 12.7 Å². The summed E-state index contributed by atoms with van der Waals surface area (Å²) in [6.45, 7) is 10.6. The summed E-state index contributed by atoms with van der Waals surface area (Å²) in [4.78, 5) is 43.3. The fraction of sp³-hybridized carbons (Fsp3) is 0.783. The molecule has 7 nitrogen and oxygen atoms in total. The zero-order valence-electron chi connectivity index (χ0n) is 19.1. The highest BCUT2D eigenvalue weighted by Crippen LogP contribution is 2.68. The SMILES string of the molecule is C=CCN(CCCC)C(=O)C1N([C@@H](CO)CC(C)C)C(=O)[C@@H]2[C@@H](C(=O)O)[C@@H]3SC12CC3Br. The van der Waals surface area contributed by atoms with Gasteiger partial charge in [0.1, 0.15) is 6.04 Å². The number of carbonyl (C=O) groups is 3. The predicted octanol–water partition coefficient (Wildman–Crippen LogP) is 2.76. The highest BCUT2D eigenvalue weighted by atomic mass is 79.9. The molecule has 32 heavy (non-hydrogen) atoms. The van der Waals surface area contributed by atoms with Gasteiger partial charge in [-0.2, -0.15) is 0 Å². The van der Waals surface area contributed by atoms with Crippen LogP contribution >= 0.6 is 27.7 Å². The molecule has 7 atom stereocenters. The third-order valence-electron chi connectivity index (χ3n) is 7.04. The molecule has 3 heterocycles. The van der Waals surface area contributed by atoms with Crippen LogP contribution in [-0.2, 0) is 14.4 Å². The Bertz CT molecular complexity index is 765. The molecule has 3 fully saturated rings.